The quantitative estimate of drug-likeness (QED) is 0.851. The molecule has 1 heterocycles. The van der Waals surface area contributed by atoms with Crippen LogP contribution < -0.4 is 5.73 Å². The third-order valence-electron chi connectivity index (χ3n) is 4.36. The molecule has 1 saturated carbocycles. The molecule has 2 rings (SSSR count). The van der Waals surface area contributed by atoms with E-state index in [9.17, 15) is 4.79 Å². The molecule has 1 amide bonds. The number of nitrogens with two attached hydrogens (primary N) is 1. The lowest BCUT2D eigenvalue weighted by Gasteiger charge is -2.37. The third-order valence-corrected chi connectivity index (χ3v) is 4.36. The van der Waals surface area contributed by atoms with Gasteiger partial charge in [0.15, 0.2) is 0 Å². The monoisotopic (exact) mass is 268 g/mol. The summed E-state index contributed by atoms with van der Waals surface area (Å²) in [5.41, 5.74) is 6.14. The zero-order valence-electron chi connectivity index (χ0n) is 12.3. The van der Waals surface area contributed by atoms with E-state index in [0.717, 1.165) is 6.42 Å². The van der Waals surface area contributed by atoms with E-state index >= 15 is 0 Å². The molecule has 0 aromatic rings. The SMILES string of the molecule is CC1CN(C(=O)C(N)CC2CCCCC2)CC(C)O1. The van der Waals surface area contributed by atoms with Crippen molar-refractivity contribution in [3.63, 3.8) is 0 Å². The Morgan fingerprint density at radius 1 is 1.21 bits per heavy atom. The number of rotatable bonds is 3. The minimum absolute atomic E-state index is 0.118. The maximum atomic E-state index is 12.4. The van der Waals surface area contributed by atoms with Crippen LogP contribution in [-0.2, 0) is 9.53 Å². The van der Waals surface area contributed by atoms with E-state index < -0.39 is 0 Å². The lowest BCUT2D eigenvalue weighted by atomic mass is 9.84. The van der Waals surface area contributed by atoms with E-state index in [1.54, 1.807) is 0 Å². The fourth-order valence-electron chi connectivity index (χ4n) is 3.48. The van der Waals surface area contributed by atoms with Gasteiger partial charge in [-0.2, -0.15) is 0 Å². The molecule has 2 N–H and O–H groups in total. The first-order valence-electron chi connectivity index (χ1n) is 7.76. The molecule has 110 valence electrons. The highest BCUT2D eigenvalue weighted by molar-refractivity contribution is 5.81. The number of carbonyl (C=O) groups excluding carboxylic acids is 1. The smallest absolute Gasteiger partial charge is 0.239 e. The van der Waals surface area contributed by atoms with Crippen LogP contribution in [0.4, 0.5) is 0 Å². The average Bonchev–Trinajstić information content (AvgIpc) is 2.37. The Kier molecular flexibility index (Phi) is 5.22. The average molecular weight is 268 g/mol. The fraction of sp³-hybridized carbons (Fsp3) is 0.933. The first-order valence-corrected chi connectivity index (χ1v) is 7.76. The van der Waals surface area contributed by atoms with Gasteiger partial charge in [-0.25, -0.2) is 0 Å². The minimum atomic E-state index is -0.319. The highest BCUT2D eigenvalue weighted by atomic mass is 16.5. The minimum Gasteiger partial charge on any atom is -0.372 e. The molecule has 1 aliphatic carbocycles. The van der Waals surface area contributed by atoms with Gasteiger partial charge in [0.2, 0.25) is 5.91 Å². The summed E-state index contributed by atoms with van der Waals surface area (Å²) in [6.45, 7) is 5.40. The Morgan fingerprint density at radius 2 is 1.79 bits per heavy atom. The van der Waals surface area contributed by atoms with Gasteiger partial charge in [-0.05, 0) is 26.2 Å². The summed E-state index contributed by atoms with van der Waals surface area (Å²) in [6.07, 6.45) is 7.54. The van der Waals surface area contributed by atoms with Crippen LogP contribution in [0, 0.1) is 5.92 Å². The number of ether oxygens (including phenoxy) is 1. The first kappa shape index (κ1) is 14.8. The second-order valence-corrected chi connectivity index (χ2v) is 6.35. The van der Waals surface area contributed by atoms with Gasteiger partial charge in [0, 0.05) is 13.1 Å². The topological polar surface area (TPSA) is 55.6 Å². The van der Waals surface area contributed by atoms with E-state index in [-0.39, 0.29) is 24.2 Å². The van der Waals surface area contributed by atoms with Gasteiger partial charge >= 0.3 is 0 Å². The van der Waals surface area contributed by atoms with Gasteiger partial charge < -0.3 is 15.4 Å². The molecule has 1 aliphatic heterocycles. The number of hydrogen-bond donors (Lipinski definition) is 1. The maximum Gasteiger partial charge on any atom is 0.239 e. The Morgan fingerprint density at radius 3 is 2.37 bits per heavy atom. The van der Waals surface area contributed by atoms with Crippen molar-refractivity contribution < 1.29 is 9.53 Å². The Bertz CT molecular complexity index is 293. The lowest BCUT2D eigenvalue weighted by molar-refractivity contribution is -0.145. The molecule has 0 aromatic heterocycles. The van der Waals surface area contributed by atoms with Crippen molar-refractivity contribution >= 4 is 5.91 Å². The highest BCUT2D eigenvalue weighted by Crippen LogP contribution is 2.27. The van der Waals surface area contributed by atoms with Gasteiger partial charge in [-0.3, -0.25) is 4.79 Å². The molecule has 19 heavy (non-hydrogen) atoms. The largest absolute Gasteiger partial charge is 0.372 e. The van der Waals surface area contributed by atoms with Crippen LogP contribution in [0.25, 0.3) is 0 Å². The fourth-order valence-corrected chi connectivity index (χ4v) is 3.48. The lowest BCUT2D eigenvalue weighted by Crippen LogP contribution is -2.53. The second kappa shape index (κ2) is 6.71. The number of amides is 1. The summed E-state index contributed by atoms with van der Waals surface area (Å²) in [5, 5.41) is 0. The van der Waals surface area contributed by atoms with E-state index in [0.29, 0.717) is 19.0 Å². The van der Waals surface area contributed by atoms with Crippen molar-refractivity contribution in [2.24, 2.45) is 11.7 Å². The van der Waals surface area contributed by atoms with Crippen LogP contribution in [0.15, 0.2) is 0 Å². The van der Waals surface area contributed by atoms with Crippen molar-refractivity contribution in [3.8, 4) is 0 Å². The highest BCUT2D eigenvalue weighted by Gasteiger charge is 2.30. The summed E-state index contributed by atoms with van der Waals surface area (Å²) < 4.78 is 5.66. The summed E-state index contributed by atoms with van der Waals surface area (Å²) in [7, 11) is 0. The molecule has 0 radical (unpaired) electrons. The van der Waals surface area contributed by atoms with Gasteiger partial charge in [0.05, 0.1) is 18.2 Å². The van der Waals surface area contributed by atoms with E-state index in [2.05, 4.69) is 0 Å². The standard InChI is InChI=1S/C15H28N2O2/c1-11-9-17(10-12(2)19-11)15(18)14(16)8-13-6-4-3-5-7-13/h11-14H,3-10,16H2,1-2H3. The molecular formula is C15H28N2O2. The number of carbonyl (C=O) groups is 1. The number of hydrogen-bond acceptors (Lipinski definition) is 3. The summed E-state index contributed by atoms with van der Waals surface area (Å²) >= 11 is 0. The zero-order valence-corrected chi connectivity index (χ0v) is 12.3. The molecule has 3 atom stereocenters. The summed E-state index contributed by atoms with van der Waals surface area (Å²) in [5.74, 6) is 0.774. The molecule has 0 spiro atoms. The van der Waals surface area contributed by atoms with E-state index in [1.165, 1.54) is 32.1 Å². The normalized spacial score (nSPS) is 31.2. The molecule has 3 unspecified atom stereocenters. The van der Waals surface area contributed by atoms with Crippen LogP contribution in [0.3, 0.4) is 0 Å². The van der Waals surface area contributed by atoms with Crippen LogP contribution >= 0.6 is 0 Å². The molecular weight excluding hydrogens is 240 g/mol. The van der Waals surface area contributed by atoms with Crippen molar-refractivity contribution in [2.75, 3.05) is 13.1 Å². The molecule has 0 bridgehead atoms. The Labute approximate surface area is 116 Å². The van der Waals surface area contributed by atoms with Crippen molar-refractivity contribution in [1.82, 2.24) is 4.90 Å². The first-order chi connectivity index (χ1) is 9.06. The second-order valence-electron chi connectivity index (χ2n) is 6.35. The Balaban J connectivity index is 1.83. The predicted octanol–water partition coefficient (Wildman–Crippen LogP) is 1.92. The van der Waals surface area contributed by atoms with E-state index in [1.807, 2.05) is 18.7 Å². The molecule has 0 aromatic carbocycles. The Hall–Kier alpha value is -0.610. The van der Waals surface area contributed by atoms with Crippen molar-refractivity contribution in [3.05, 3.63) is 0 Å². The van der Waals surface area contributed by atoms with Gasteiger partial charge in [-0.15, -0.1) is 0 Å². The predicted molar refractivity (Wildman–Crippen MR) is 75.8 cm³/mol. The van der Waals surface area contributed by atoms with Crippen LogP contribution in [0.5, 0.6) is 0 Å². The molecule has 1 saturated heterocycles. The van der Waals surface area contributed by atoms with Crippen LogP contribution in [-0.4, -0.2) is 42.1 Å². The number of nitrogens with zero attached hydrogens (tertiary/aromatic N) is 1. The van der Waals surface area contributed by atoms with Crippen molar-refractivity contribution in [1.29, 1.82) is 0 Å². The van der Waals surface area contributed by atoms with Gasteiger partial charge in [-0.1, -0.05) is 32.1 Å². The van der Waals surface area contributed by atoms with E-state index in [4.69, 9.17) is 10.5 Å². The maximum absolute atomic E-state index is 12.4. The molecule has 4 nitrogen and oxygen atoms in total. The van der Waals surface area contributed by atoms with Gasteiger partial charge in [0.25, 0.3) is 0 Å². The van der Waals surface area contributed by atoms with Gasteiger partial charge in [0.1, 0.15) is 0 Å². The third kappa shape index (κ3) is 4.18. The summed E-state index contributed by atoms with van der Waals surface area (Å²) in [4.78, 5) is 14.3. The molecule has 2 fully saturated rings. The number of morpholine rings is 1. The van der Waals surface area contributed by atoms with Crippen LogP contribution in [0.2, 0.25) is 0 Å². The van der Waals surface area contributed by atoms with Crippen molar-refractivity contribution in [2.45, 2.75) is 70.6 Å². The van der Waals surface area contributed by atoms with Crippen LogP contribution in [0.1, 0.15) is 52.4 Å². The molecule has 4 heteroatoms. The summed E-state index contributed by atoms with van der Waals surface area (Å²) in [6, 6.07) is -0.319. The zero-order chi connectivity index (χ0) is 13.8. The molecule has 2 aliphatic rings.